The van der Waals surface area contributed by atoms with E-state index in [1.54, 1.807) is 0 Å². The predicted octanol–water partition coefficient (Wildman–Crippen LogP) is 1.53. The van der Waals surface area contributed by atoms with E-state index < -0.39 is 5.82 Å². The molecule has 0 saturated carbocycles. The molecule has 0 spiro atoms. The first-order valence-electron chi connectivity index (χ1n) is 6.43. The maximum atomic E-state index is 13.5. The van der Waals surface area contributed by atoms with Crippen molar-refractivity contribution in [3.8, 4) is 11.8 Å². The van der Waals surface area contributed by atoms with Crippen molar-refractivity contribution in [1.82, 2.24) is 0 Å². The summed E-state index contributed by atoms with van der Waals surface area (Å²) < 4.78 is 18.8. The summed E-state index contributed by atoms with van der Waals surface area (Å²) in [5, 5.41) is 11.4. The average Bonchev–Trinajstić information content (AvgIpc) is 2.85. The van der Waals surface area contributed by atoms with Crippen LogP contribution in [0, 0.1) is 23.6 Å². The Hall–Kier alpha value is -1.90. The van der Waals surface area contributed by atoms with Crippen molar-refractivity contribution in [1.29, 1.82) is 0 Å². The monoisotopic (exact) mass is 277 g/mol. The largest absolute Gasteiger partial charge is 0.384 e. The molecule has 4 nitrogen and oxygen atoms in total. The van der Waals surface area contributed by atoms with E-state index in [2.05, 4.69) is 17.2 Å². The van der Waals surface area contributed by atoms with Gasteiger partial charge in [-0.3, -0.25) is 4.79 Å². The van der Waals surface area contributed by atoms with Crippen LogP contribution in [-0.2, 0) is 9.53 Å². The molecule has 0 radical (unpaired) electrons. The van der Waals surface area contributed by atoms with Crippen LogP contribution in [0.3, 0.4) is 0 Å². The molecular weight excluding hydrogens is 261 g/mol. The summed E-state index contributed by atoms with van der Waals surface area (Å²) in [5.74, 6) is 4.08. The van der Waals surface area contributed by atoms with Gasteiger partial charge >= 0.3 is 0 Å². The highest BCUT2D eigenvalue weighted by Crippen LogP contribution is 2.23. The second-order valence-corrected chi connectivity index (χ2v) is 4.61. The third-order valence-corrected chi connectivity index (χ3v) is 3.25. The molecular formula is C15H16FNO3. The maximum absolute atomic E-state index is 13.5. The number of amides is 1. The van der Waals surface area contributed by atoms with Crippen LogP contribution in [0.15, 0.2) is 18.2 Å². The first kappa shape index (κ1) is 14.5. The number of hydrogen-bond donors (Lipinski definition) is 2. The molecule has 2 unspecified atom stereocenters. The zero-order valence-electron chi connectivity index (χ0n) is 11.1. The number of aliphatic hydroxyl groups excluding tert-OH is 1. The number of aliphatic hydroxyl groups is 1. The Bertz CT molecular complexity index is 562. The normalized spacial score (nSPS) is 21.1. The third-order valence-electron chi connectivity index (χ3n) is 3.25. The highest BCUT2D eigenvalue weighted by Gasteiger charge is 2.30. The second-order valence-electron chi connectivity index (χ2n) is 4.61. The molecule has 106 valence electrons. The van der Waals surface area contributed by atoms with Gasteiger partial charge in [-0.2, -0.15) is 0 Å². The van der Waals surface area contributed by atoms with Gasteiger partial charge in [-0.1, -0.05) is 11.8 Å². The van der Waals surface area contributed by atoms with E-state index in [9.17, 15) is 9.18 Å². The number of benzene rings is 1. The minimum Gasteiger partial charge on any atom is -0.384 e. The molecule has 0 aliphatic carbocycles. The van der Waals surface area contributed by atoms with Crippen LogP contribution in [-0.4, -0.2) is 30.3 Å². The molecule has 1 aliphatic rings. The Balaban J connectivity index is 2.11. The van der Waals surface area contributed by atoms with Gasteiger partial charge in [0.05, 0.1) is 17.6 Å². The zero-order valence-corrected chi connectivity index (χ0v) is 11.1. The summed E-state index contributed by atoms with van der Waals surface area (Å²) in [7, 11) is 0. The Labute approximate surface area is 116 Å². The van der Waals surface area contributed by atoms with E-state index in [-0.39, 0.29) is 30.1 Å². The summed E-state index contributed by atoms with van der Waals surface area (Å²) >= 11 is 0. The number of carbonyl (C=O) groups excluding carboxylic acids is 1. The number of rotatable bonds is 2. The minimum atomic E-state index is -0.485. The summed E-state index contributed by atoms with van der Waals surface area (Å²) in [6.07, 6.45) is 0.579. The lowest BCUT2D eigenvalue weighted by Gasteiger charge is -2.14. The summed E-state index contributed by atoms with van der Waals surface area (Å²) in [6, 6.07) is 4.18. The van der Waals surface area contributed by atoms with E-state index in [1.807, 2.05) is 6.92 Å². The Kier molecular flexibility index (Phi) is 4.72. The van der Waals surface area contributed by atoms with E-state index >= 15 is 0 Å². The molecule has 1 aromatic rings. The van der Waals surface area contributed by atoms with Crippen molar-refractivity contribution in [3.05, 3.63) is 29.6 Å². The number of halogens is 1. The van der Waals surface area contributed by atoms with Gasteiger partial charge in [0.25, 0.3) is 0 Å². The lowest BCUT2D eigenvalue weighted by molar-refractivity contribution is -0.121. The van der Waals surface area contributed by atoms with Crippen molar-refractivity contribution in [2.75, 3.05) is 18.5 Å². The van der Waals surface area contributed by atoms with Gasteiger partial charge in [0, 0.05) is 12.3 Å². The summed E-state index contributed by atoms with van der Waals surface area (Å²) in [6.45, 7) is 2.10. The van der Waals surface area contributed by atoms with Gasteiger partial charge in [0.15, 0.2) is 0 Å². The molecule has 1 fully saturated rings. The molecule has 2 rings (SSSR count). The van der Waals surface area contributed by atoms with Crippen molar-refractivity contribution >= 4 is 11.6 Å². The van der Waals surface area contributed by atoms with Crippen molar-refractivity contribution < 1.29 is 19.0 Å². The topological polar surface area (TPSA) is 58.6 Å². The van der Waals surface area contributed by atoms with Gasteiger partial charge in [-0.25, -0.2) is 4.39 Å². The standard InChI is InChI=1S/C15H16FNO3/c1-10-13(6-8-20-10)15(19)17-12-4-5-14(16)11(9-12)3-2-7-18/h4-5,9-10,13,18H,6-8H2,1H3,(H,17,19). The van der Waals surface area contributed by atoms with Gasteiger partial charge in [0.2, 0.25) is 5.91 Å². The zero-order chi connectivity index (χ0) is 14.5. The smallest absolute Gasteiger partial charge is 0.230 e. The molecule has 5 heteroatoms. The van der Waals surface area contributed by atoms with Crippen LogP contribution in [0.1, 0.15) is 18.9 Å². The molecule has 1 amide bonds. The number of carbonyl (C=O) groups is 1. The highest BCUT2D eigenvalue weighted by molar-refractivity contribution is 5.93. The first-order valence-corrected chi connectivity index (χ1v) is 6.43. The predicted molar refractivity (Wildman–Crippen MR) is 72.5 cm³/mol. The lowest BCUT2D eigenvalue weighted by Crippen LogP contribution is -2.27. The van der Waals surface area contributed by atoms with Crippen LogP contribution in [0.4, 0.5) is 10.1 Å². The summed E-state index contributed by atoms with van der Waals surface area (Å²) in [4.78, 5) is 12.1. The van der Waals surface area contributed by atoms with Gasteiger partial charge in [-0.15, -0.1) is 0 Å². The summed E-state index contributed by atoms with van der Waals surface area (Å²) in [5.41, 5.74) is 0.630. The van der Waals surface area contributed by atoms with Crippen LogP contribution < -0.4 is 5.32 Å². The van der Waals surface area contributed by atoms with Crippen molar-refractivity contribution in [2.45, 2.75) is 19.4 Å². The molecule has 0 aromatic heterocycles. The van der Waals surface area contributed by atoms with Crippen LogP contribution in [0.5, 0.6) is 0 Å². The number of hydrogen-bond acceptors (Lipinski definition) is 3. The van der Waals surface area contributed by atoms with Crippen molar-refractivity contribution in [3.63, 3.8) is 0 Å². The molecule has 2 atom stereocenters. The number of nitrogens with one attached hydrogen (secondary N) is 1. The fourth-order valence-corrected chi connectivity index (χ4v) is 2.14. The lowest BCUT2D eigenvalue weighted by atomic mass is 10.0. The van der Waals surface area contributed by atoms with Gasteiger partial charge in [-0.05, 0) is 31.5 Å². The van der Waals surface area contributed by atoms with Crippen LogP contribution in [0.2, 0.25) is 0 Å². The molecule has 0 bridgehead atoms. The molecule has 1 aromatic carbocycles. The quantitative estimate of drug-likeness (QED) is 0.806. The SMILES string of the molecule is CC1OCCC1C(=O)Nc1ccc(F)c(C#CCO)c1. The van der Waals surface area contributed by atoms with E-state index in [1.165, 1.54) is 18.2 Å². The Morgan fingerprint density at radius 3 is 3.05 bits per heavy atom. The molecule has 1 heterocycles. The number of ether oxygens (including phenoxy) is 1. The maximum Gasteiger partial charge on any atom is 0.230 e. The Morgan fingerprint density at radius 1 is 1.60 bits per heavy atom. The third kappa shape index (κ3) is 3.35. The molecule has 1 aliphatic heterocycles. The van der Waals surface area contributed by atoms with Crippen LogP contribution in [0.25, 0.3) is 0 Å². The van der Waals surface area contributed by atoms with Crippen molar-refractivity contribution in [2.24, 2.45) is 5.92 Å². The number of anilines is 1. The first-order chi connectivity index (χ1) is 9.61. The van der Waals surface area contributed by atoms with E-state index in [0.29, 0.717) is 18.7 Å². The Morgan fingerprint density at radius 2 is 2.40 bits per heavy atom. The molecule has 20 heavy (non-hydrogen) atoms. The molecule has 1 saturated heterocycles. The van der Waals surface area contributed by atoms with Gasteiger partial charge in [0.1, 0.15) is 12.4 Å². The van der Waals surface area contributed by atoms with E-state index in [4.69, 9.17) is 9.84 Å². The van der Waals surface area contributed by atoms with E-state index in [0.717, 1.165) is 0 Å². The minimum absolute atomic E-state index is 0.107. The highest BCUT2D eigenvalue weighted by atomic mass is 19.1. The fraction of sp³-hybridized carbons (Fsp3) is 0.400. The van der Waals surface area contributed by atoms with Gasteiger partial charge < -0.3 is 15.2 Å². The second kappa shape index (κ2) is 6.51. The average molecular weight is 277 g/mol. The van der Waals surface area contributed by atoms with Crippen LogP contribution >= 0.6 is 0 Å². The fourth-order valence-electron chi connectivity index (χ4n) is 2.14. The molecule has 2 N–H and O–H groups in total.